The number of carbonyl (C=O) groups excluding carboxylic acids is 1. The minimum Gasteiger partial charge on any atom is -0.493 e. The molecule has 1 amide bonds. The van der Waals surface area contributed by atoms with Crippen molar-refractivity contribution in [3.8, 4) is 11.5 Å². The number of methoxy groups -OCH3 is 2. The first kappa shape index (κ1) is 20.0. The van der Waals surface area contributed by atoms with Crippen LogP contribution in [-0.4, -0.2) is 35.7 Å². The summed E-state index contributed by atoms with van der Waals surface area (Å²) in [5.74, 6) is 0.823. The van der Waals surface area contributed by atoms with Crippen LogP contribution >= 0.6 is 0 Å². The van der Waals surface area contributed by atoms with Gasteiger partial charge in [0.2, 0.25) is 5.91 Å². The molecule has 1 aromatic heterocycles. The van der Waals surface area contributed by atoms with Gasteiger partial charge in [-0.3, -0.25) is 14.2 Å². The van der Waals surface area contributed by atoms with E-state index in [0.717, 1.165) is 30.3 Å². The maximum absolute atomic E-state index is 12.8. The normalized spacial score (nSPS) is 14.8. The number of fused-ring (bicyclic) bond motifs is 1. The molecular formula is C20H27N3O5. The molecule has 152 valence electrons. The SMILES string of the molecule is COc1cc2[nH]c(=O)n(CCCC(=O)NC3CCCCC3)c(=O)c2cc1OC. The van der Waals surface area contributed by atoms with Crippen LogP contribution < -0.4 is 26.0 Å². The van der Waals surface area contributed by atoms with Crippen molar-refractivity contribution in [3.05, 3.63) is 33.0 Å². The summed E-state index contributed by atoms with van der Waals surface area (Å²) in [6, 6.07) is 3.38. The number of carbonyl (C=O) groups is 1. The van der Waals surface area contributed by atoms with Crippen molar-refractivity contribution < 1.29 is 14.3 Å². The van der Waals surface area contributed by atoms with Crippen LogP contribution in [0.4, 0.5) is 0 Å². The van der Waals surface area contributed by atoms with Crippen LogP contribution in [0.5, 0.6) is 11.5 Å². The van der Waals surface area contributed by atoms with Crippen molar-refractivity contribution in [1.29, 1.82) is 0 Å². The molecule has 0 saturated heterocycles. The third kappa shape index (κ3) is 4.37. The highest BCUT2D eigenvalue weighted by Crippen LogP contribution is 2.29. The van der Waals surface area contributed by atoms with E-state index in [4.69, 9.17) is 9.47 Å². The van der Waals surface area contributed by atoms with E-state index in [1.807, 2.05) is 0 Å². The zero-order valence-electron chi connectivity index (χ0n) is 16.4. The molecular weight excluding hydrogens is 362 g/mol. The summed E-state index contributed by atoms with van der Waals surface area (Å²) in [6.45, 7) is 0.177. The molecule has 0 spiro atoms. The van der Waals surface area contributed by atoms with Crippen molar-refractivity contribution in [2.24, 2.45) is 0 Å². The zero-order chi connectivity index (χ0) is 20.1. The van der Waals surface area contributed by atoms with E-state index in [-0.39, 0.29) is 24.9 Å². The van der Waals surface area contributed by atoms with E-state index in [9.17, 15) is 14.4 Å². The first-order valence-electron chi connectivity index (χ1n) is 9.71. The van der Waals surface area contributed by atoms with Gasteiger partial charge < -0.3 is 19.8 Å². The molecule has 0 unspecified atom stereocenters. The number of amides is 1. The lowest BCUT2D eigenvalue weighted by Crippen LogP contribution is -2.37. The van der Waals surface area contributed by atoms with Crippen molar-refractivity contribution in [2.75, 3.05) is 14.2 Å². The Morgan fingerprint density at radius 2 is 1.82 bits per heavy atom. The summed E-state index contributed by atoms with van der Waals surface area (Å²) in [6.07, 6.45) is 6.30. The highest BCUT2D eigenvalue weighted by molar-refractivity contribution is 5.81. The fourth-order valence-electron chi connectivity index (χ4n) is 3.73. The number of hydrogen-bond acceptors (Lipinski definition) is 5. The van der Waals surface area contributed by atoms with Crippen molar-refractivity contribution in [2.45, 2.75) is 57.5 Å². The van der Waals surface area contributed by atoms with Gasteiger partial charge in [0.25, 0.3) is 5.56 Å². The average molecular weight is 389 g/mol. The van der Waals surface area contributed by atoms with E-state index >= 15 is 0 Å². The number of nitrogens with zero attached hydrogens (tertiary/aromatic N) is 1. The summed E-state index contributed by atoms with van der Waals surface area (Å²) in [5.41, 5.74) is -0.524. The Balaban J connectivity index is 1.71. The Kier molecular flexibility index (Phi) is 6.38. The number of benzene rings is 1. The fourth-order valence-corrected chi connectivity index (χ4v) is 3.73. The molecule has 8 nitrogen and oxygen atoms in total. The van der Waals surface area contributed by atoms with Gasteiger partial charge in [0.1, 0.15) is 0 Å². The monoisotopic (exact) mass is 389 g/mol. The molecule has 1 aliphatic rings. The maximum atomic E-state index is 12.8. The van der Waals surface area contributed by atoms with E-state index in [1.54, 1.807) is 12.1 Å². The average Bonchev–Trinajstić information content (AvgIpc) is 2.70. The van der Waals surface area contributed by atoms with Crippen molar-refractivity contribution in [3.63, 3.8) is 0 Å². The van der Waals surface area contributed by atoms with E-state index < -0.39 is 11.2 Å². The molecule has 0 aliphatic heterocycles. The minimum absolute atomic E-state index is 0.0245. The van der Waals surface area contributed by atoms with Gasteiger partial charge in [-0.2, -0.15) is 0 Å². The summed E-state index contributed by atoms with van der Waals surface area (Å²) in [7, 11) is 2.97. The number of H-pyrrole nitrogens is 1. The van der Waals surface area contributed by atoms with Gasteiger partial charge in [0, 0.05) is 25.1 Å². The predicted octanol–water partition coefficient (Wildman–Crippen LogP) is 1.94. The van der Waals surface area contributed by atoms with Gasteiger partial charge >= 0.3 is 5.69 Å². The smallest absolute Gasteiger partial charge is 0.328 e. The zero-order valence-corrected chi connectivity index (χ0v) is 16.4. The third-order valence-electron chi connectivity index (χ3n) is 5.24. The van der Waals surface area contributed by atoms with Gasteiger partial charge in [-0.05, 0) is 25.3 Å². The molecule has 1 fully saturated rings. The lowest BCUT2D eigenvalue weighted by Gasteiger charge is -2.22. The van der Waals surface area contributed by atoms with Gasteiger partial charge in [0.15, 0.2) is 11.5 Å². The molecule has 1 saturated carbocycles. The van der Waals surface area contributed by atoms with Crippen LogP contribution in [0.2, 0.25) is 0 Å². The number of rotatable bonds is 7. The number of hydrogen-bond donors (Lipinski definition) is 2. The Hall–Kier alpha value is -2.77. The van der Waals surface area contributed by atoms with Crippen LogP contribution in [0.1, 0.15) is 44.9 Å². The highest BCUT2D eigenvalue weighted by atomic mass is 16.5. The number of nitrogens with one attached hydrogen (secondary N) is 2. The molecule has 28 heavy (non-hydrogen) atoms. The molecule has 1 heterocycles. The van der Waals surface area contributed by atoms with Crippen LogP contribution in [-0.2, 0) is 11.3 Å². The molecule has 0 atom stereocenters. The van der Waals surface area contributed by atoms with Crippen LogP contribution in [0.25, 0.3) is 10.9 Å². The summed E-state index contributed by atoms with van der Waals surface area (Å²) < 4.78 is 11.6. The van der Waals surface area contributed by atoms with Gasteiger partial charge in [-0.25, -0.2) is 4.79 Å². The van der Waals surface area contributed by atoms with Crippen molar-refractivity contribution in [1.82, 2.24) is 14.9 Å². The van der Waals surface area contributed by atoms with E-state index in [1.165, 1.54) is 20.6 Å². The molecule has 2 N–H and O–H groups in total. The second kappa shape index (κ2) is 8.95. The number of aromatic amines is 1. The largest absolute Gasteiger partial charge is 0.493 e. The lowest BCUT2D eigenvalue weighted by atomic mass is 9.95. The quantitative estimate of drug-likeness (QED) is 0.753. The second-order valence-corrected chi connectivity index (χ2v) is 7.15. The Labute approximate surface area is 162 Å². The Morgan fingerprint density at radius 1 is 1.14 bits per heavy atom. The minimum atomic E-state index is -0.502. The van der Waals surface area contributed by atoms with Gasteiger partial charge in [-0.1, -0.05) is 19.3 Å². The summed E-state index contributed by atoms with van der Waals surface area (Å²) in [5, 5.41) is 3.39. The molecule has 0 bridgehead atoms. The first-order chi connectivity index (χ1) is 13.5. The van der Waals surface area contributed by atoms with E-state index in [2.05, 4.69) is 10.3 Å². The first-order valence-corrected chi connectivity index (χ1v) is 9.71. The second-order valence-electron chi connectivity index (χ2n) is 7.15. The lowest BCUT2D eigenvalue weighted by molar-refractivity contribution is -0.122. The van der Waals surface area contributed by atoms with Crippen LogP contribution in [0.15, 0.2) is 21.7 Å². The molecule has 0 radical (unpaired) electrons. The number of ether oxygens (including phenoxy) is 2. The molecule has 2 aromatic rings. The predicted molar refractivity (Wildman–Crippen MR) is 106 cm³/mol. The maximum Gasteiger partial charge on any atom is 0.328 e. The third-order valence-corrected chi connectivity index (χ3v) is 5.24. The fraction of sp³-hybridized carbons (Fsp3) is 0.550. The van der Waals surface area contributed by atoms with Crippen LogP contribution in [0.3, 0.4) is 0 Å². The Bertz CT molecular complexity index is 957. The van der Waals surface area contributed by atoms with Gasteiger partial charge in [0.05, 0.1) is 25.1 Å². The standard InChI is InChI=1S/C20H27N3O5/c1-27-16-11-14-15(12-17(16)28-2)22-20(26)23(19(14)25)10-6-9-18(24)21-13-7-4-3-5-8-13/h11-13H,3-10H2,1-2H3,(H,21,24)(H,22,26). The topological polar surface area (TPSA) is 102 Å². The summed E-state index contributed by atoms with van der Waals surface area (Å²) in [4.78, 5) is 39.9. The Morgan fingerprint density at radius 3 is 2.50 bits per heavy atom. The van der Waals surface area contributed by atoms with Crippen molar-refractivity contribution >= 4 is 16.8 Å². The number of aromatic nitrogens is 2. The molecule has 3 rings (SSSR count). The highest BCUT2D eigenvalue weighted by Gasteiger charge is 2.16. The molecule has 1 aromatic carbocycles. The van der Waals surface area contributed by atoms with E-state index in [0.29, 0.717) is 28.8 Å². The van der Waals surface area contributed by atoms with Crippen LogP contribution in [0, 0.1) is 0 Å². The van der Waals surface area contributed by atoms with Gasteiger partial charge in [-0.15, -0.1) is 0 Å². The summed E-state index contributed by atoms with van der Waals surface area (Å²) >= 11 is 0. The molecule has 1 aliphatic carbocycles. The molecule has 8 heteroatoms.